The average molecular weight is 343 g/mol. The van der Waals surface area contributed by atoms with E-state index >= 15 is 0 Å². The molecule has 1 aromatic rings. The van der Waals surface area contributed by atoms with Crippen LogP contribution in [0.1, 0.15) is 30.4 Å². The summed E-state index contributed by atoms with van der Waals surface area (Å²) >= 11 is 0. The normalized spacial score (nSPS) is 17.5. The van der Waals surface area contributed by atoms with Crippen molar-refractivity contribution < 1.29 is 18.0 Å². The van der Waals surface area contributed by atoms with Gasteiger partial charge in [-0.1, -0.05) is 25.1 Å². The number of nitrogens with zero attached hydrogens (tertiary/aromatic N) is 1. The van der Waals surface area contributed by atoms with Gasteiger partial charge in [0.15, 0.2) is 0 Å². The summed E-state index contributed by atoms with van der Waals surface area (Å²) in [5.74, 6) is -0.698. The molecule has 1 saturated heterocycles. The molecule has 134 valence electrons. The first-order valence-electron chi connectivity index (χ1n) is 8.24. The number of piperazine rings is 1. The summed E-state index contributed by atoms with van der Waals surface area (Å²) in [4.78, 5) is 14.3. The zero-order valence-corrected chi connectivity index (χ0v) is 13.8. The topological polar surface area (TPSA) is 44.4 Å². The Morgan fingerprint density at radius 2 is 1.96 bits per heavy atom. The summed E-state index contributed by atoms with van der Waals surface area (Å²) in [6.07, 6.45) is -4.35. The predicted molar refractivity (Wildman–Crippen MR) is 86.8 cm³/mol. The first-order valence-corrected chi connectivity index (χ1v) is 8.24. The summed E-state index contributed by atoms with van der Waals surface area (Å²) < 4.78 is 39.1. The lowest BCUT2D eigenvalue weighted by molar-refractivity contribution is -0.138. The van der Waals surface area contributed by atoms with Gasteiger partial charge in [-0.05, 0) is 17.5 Å². The van der Waals surface area contributed by atoms with E-state index in [0.29, 0.717) is 6.54 Å². The monoisotopic (exact) mass is 343 g/mol. The van der Waals surface area contributed by atoms with Crippen LogP contribution in [0.25, 0.3) is 0 Å². The molecule has 0 aliphatic carbocycles. The Morgan fingerprint density at radius 3 is 2.62 bits per heavy atom. The SMILES string of the molecule is CC(CC(=O)NCCN1CCNCC1)c1ccccc1C(F)(F)F. The fourth-order valence-corrected chi connectivity index (χ4v) is 2.93. The van der Waals surface area contributed by atoms with Crippen molar-refractivity contribution in [1.29, 1.82) is 0 Å². The number of carbonyl (C=O) groups excluding carboxylic acids is 1. The van der Waals surface area contributed by atoms with Crippen molar-refractivity contribution in [3.63, 3.8) is 0 Å². The van der Waals surface area contributed by atoms with Crippen LogP contribution < -0.4 is 10.6 Å². The smallest absolute Gasteiger partial charge is 0.355 e. The average Bonchev–Trinajstić information content (AvgIpc) is 2.55. The van der Waals surface area contributed by atoms with Crippen molar-refractivity contribution >= 4 is 5.91 Å². The molecule has 0 spiro atoms. The van der Waals surface area contributed by atoms with Crippen LogP contribution in [0.4, 0.5) is 13.2 Å². The van der Waals surface area contributed by atoms with E-state index in [-0.39, 0.29) is 17.9 Å². The second kappa shape index (κ2) is 8.48. The Kier molecular flexibility index (Phi) is 6.62. The molecule has 1 aliphatic rings. The standard InChI is InChI=1S/C17H24F3N3O/c1-13(14-4-2-3-5-15(14)17(18,19)20)12-16(24)22-8-11-23-9-6-21-7-10-23/h2-5,13,21H,6-12H2,1H3,(H,22,24). The van der Waals surface area contributed by atoms with Crippen molar-refractivity contribution in [2.75, 3.05) is 39.3 Å². The van der Waals surface area contributed by atoms with Crippen LogP contribution in [0, 0.1) is 0 Å². The van der Waals surface area contributed by atoms with E-state index in [1.807, 2.05) is 0 Å². The molecule has 1 aromatic carbocycles. The van der Waals surface area contributed by atoms with Gasteiger partial charge in [0.1, 0.15) is 0 Å². The van der Waals surface area contributed by atoms with Crippen LogP contribution in [0.2, 0.25) is 0 Å². The van der Waals surface area contributed by atoms with Gasteiger partial charge in [-0.25, -0.2) is 0 Å². The number of benzene rings is 1. The lowest BCUT2D eigenvalue weighted by atomic mass is 9.92. The maximum Gasteiger partial charge on any atom is 0.416 e. The number of rotatable bonds is 6. The highest BCUT2D eigenvalue weighted by Crippen LogP contribution is 2.35. The number of halogens is 3. The van der Waals surface area contributed by atoms with E-state index in [1.165, 1.54) is 12.1 Å². The molecule has 1 heterocycles. The van der Waals surface area contributed by atoms with Crippen LogP contribution in [0.5, 0.6) is 0 Å². The van der Waals surface area contributed by atoms with Crippen LogP contribution >= 0.6 is 0 Å². The van der Waals surface area contributed by atoms with Gasteiger partial charge in [0.05, 0.1) is 5.56 Å². The van der Waals surface area contributed by atoms with Crippen molar-refractivity contribution in [3.8, 4) is 0 Å². The minimum absolute atomic E-state index is 0.0502. The van der Waals surface area contributed by atoms with E-state index in [9.17, 15) is 18.0 Å². The molecule has 0 bridgehead atoms. The molecule has 7 heteroatoms. The van der Waals surface area contributed by atoms with E-state index in [4.69, 9.17) is 0 Å². The number of amides is 1. The predicted octanol–water partition coefficient (Wildman–Crippen LogP) is 2.22. The number of hydrogen-bond acceptors (Lipinski definition) is 3. The van der Waals surface area contributed by atoms with Gasteiger partial charge in [-0.15, -0.1) is 0 Å². The first kappa shape index (κ1) is 18.7. The minimum Gasteiger partial charge on any atom is -0.355 e. The van der Waals surface area contributed by atoms with Crippen LogP contribution in [0.3, 0.4) is 0 Å². The number of hydrogen-bond donors (Lipinski definition) is 2. The summed E-state index contributed by atoms with van der Waals surface area (Å²) in [5.41, 5.74) is -0.492. The maximum atomic E-state index is 13.0. The molecule has 2 N–H and O–H groups in total. The maximum absolute atomic E-state index is 13.0. The third kappa shape index (κ3) is 5.49. The summed E-state index contributed by atoms with van der Waals surface area (Å²) in [7, 11) is 0. The van der Waals surface area contributed by atoms with Crippen molar-refractivity contribution in [1.82, 2.24) is 15.5 Å². The van der Waals surface area contributed by atoms with E-state index in [1.54, 1.807) is 13.0 Å². The van der Waals surface area contributed by atoms with Crippen LogP contribution in [0.15, 0.2) is 24.3 Å². The fraction of sp³-hybridized carbons (Fsp3) is 0.588. The molecule has 1 fully saturated rings. The summed E-state index contributed by atoms with van der Waals surface area (Å²) in [6, 6.07) is 5.45. The van der Waals surface area contributed by atoms with E-state index in [0.717, 1.165) is 38.8 Å². The largest absolute Gasteiger partial charge is 0.416 e. The Hall–Kier alpha value is -1.60. The van der Waals surface area contributed by atoms with Crippen LogP contribution in [-0.4, -0.2) is 50.1 Å². The summed E-state index contributed by atoms with van der Waals surface area (Å²) in [5, 5.41) is 6.06. The molecule has 1 unspecified atom stereocenters. The van der Waals surface area contributed by atoms with E-state index in [2.05, 4.69) is 15.5 Å². The Bertz CT molecular complexity index is 542. The number of alkyl halides is 3. The van der Waals surface area contributed by atoms with Gasteiger partial charge in [0, 0.05) is 45.7 Å². The zero-order chi connectivity index (χ0) is 17.6. The molecule has 0 saturated carbocycles. The van der Waals surface area contributed by atoms with Gasteiger partial charge in [-0.3, -0.25) is 9.69 Å². The molecule has 0 aromatic heterocycles. The third-order valence-electron chi connectivity index (χ3n) is 4.25. The molecular formula is C17H24F3N3O. The highest BCUT2D eigenvalue weighted by molar-refractivity contribution is 5.76. The van der Waals surface area contributed by atoms with Gasteiger partial charge in [-0.2, -0.15) is 13.2 Å². The first-order chi connectivity index (χ1) is 11.4. The molecule has 24 heavy (non-hydrogen) atoms. The highest BCUT2D eigenvalue weighted by Gasteiger charge is 2.34. The molecular weight excluding hydrogens is 319 g/mol. The molecule has 1 aliphatic heterocycles. The minimum atomic E-state index is -4.40. The lowest BCUT2D eigenvalue weighted by Crippen LogP contribution is -2.46. The molecule has 2 rings (SSSR count). The third-order valence-corrected chi connectivity index (χ3v) is 4.25. The Labute approximate surface area is 140 Å². The second-order valence-electron chi connectivity index (χ2n) is 6.13. The quantitative estimate of drug-likeness (QED) is 0.832. The Morgan fingerprint density at radius 1 is 1.29 bits per heavy atom. The highest BCUT2D eigenvalue weighted by atomic mass is 19.4. The van der Waals surface area contributed by atoms with Crippen molar-refractivity contribution in [3.05, 3.63) is 35.4 Å². The van der Waals surface area contributed by atoms with Gasteiger partial charge < -0.3 is 10.6 Å². The molecule has 1 amide bonds. The molecule has 0 radical (unpaired) electrons. The number of carbonyl (C=O) groups is 1. The van der Waals surface area contributed by atoms with Crippen molar-refractivity contribution in [2.24, 2.45) is 0 Å². The zero-order valence-electron chi connectivity index (χ0n) is 13.8. The van der Waals surface area contributed by atoms with Gasteiger partial charge in [0.25, 0.3) is 0 Å². The van der Waals surface area contributed by atoms with Gasteiger partial charge >= 0.3 is 6.18 Å². The Balaban J connectivity index is 1.83. The molecule has 4 nitrogen and oxygen atoms in total. The second-order valence-corrected chi connectivity index (χ2v) is 6.13. The molecule has 1 atom stereocenters. The van der Waals surface area contributed by atoms with Gasteiger partial charge in [0.2, 0.25) is 5.91 Å². The fourth-order valence-electron chi connectivity index (χ4n) is 2.93. The van der Waals surface area contributed by atoms with E-state index < -0.39 is 17.7 Å². The summed E-state index contributed by atoms with van der Waals surface area (Å²) in [6.45, 7) is 6.72. The lowest BCUT2D eigenvalue weighted by Gasteiger charge is -2.27. The van der Waals surface area contributed by atoms with Crippen LogP contribution in [-0.2, 0) is 11.0 Å². The van der Waals surface area contributed by atoms with Crippen molar-refractivity contribution in [2.45, 2.75) is 25.4 Å². The number of nitrogens with one attached hydrogen (secondary N) is 2.